The Kier molecular flexibility index (Phi) is 3.90. The van der Waals surface area contributed by atoms with Crippen LogP contribution in [-0.2, 0) is 11.2 Å². The summed E-state index contributed by atoms with van der Waals surface area (Å²) in [6.45, 7) is 3.90. The molecule has 1 aliphatic rings. The van der Waals surface area contributed by atoms with E-state index in [4.69, 9.17) is 0 Å². The molecule has 4 heteroatoms. The second kappa shape index (κ2) is 5.29. The van der Waals surface area contributed by atoms with Gasteiger partial charge in [0, 0.05) is 17.9 Å². The van der Waals surface area contributed by atoms with Gasteiger partial charge >= 0.3 is 0 Å². The number of amides is 1. The normalized spacial score (nSPS) is 24.6. The lowest BCUT2D eigenvalue weighted by atomic mass is 9.64. The van der Waals surface area contributed by atoms with Gasteiger partial charge in [-0.15, -0.1) is 0 Å². The summed E-state index contributed by atoms with van der Waals surface area (Å²) >= 11 is 0. The van der Waals surface area contributed by atoms with Crippen LogP contribution in [0.25, 0.3) is 0 Å². The molecule has 1 aliphatic carbocycles. The van der Waals surface area contributed by atoms with E-state index >= 15 is 0 Å². The molecular formula is C15H20FNO2. The highest BCUT2D eigenvalue weighted by Crippen LogP contribution is 2.40. The number of carbonyl (C=O) groups excluding carboxylic acids is 1. The van der Waals surface area contributed by atoms with Crippen molar-refractivity contribution >= 4 is 5.91 Å². The van der Waals surface area contributed by atoms with Crippen LogP contribution in [0.3, 0.4) is 0 Å². The number of hydrogen-bond donors (Lipinski definition) is 2. The highest BCUT2D eigenvalue weighted by atomic mass is 19.1. The van der Waals surface area contributed by atoms with Crippen LogP contribution >= 0.6 is 0 Å². The van der Waals surface area contributed by atoms with Crippen molar-refractivity contribution in [2.45, 2.75) is 45.3 Å². The molecule has 0 spiro atoms. The van der Waals surface area contributed by atoms with Crippen molar-refractivity contribution in [3.8, 4) is 0 Å². The van der Waals surface area contributed by atoms with Crippen LogP contribution in [0.4, 0.5) is 4.39 Å². The van der Waals surface area contributed by atoms with Gasteiger partial charge in [-0.2, -0.15) is 0 Å². The molecule has 2 N–H and O–H groups in total. The number of hydrogen-bond acceptors (Lipinski definition) is 2. The van der Waals surface area contributed by atoms with Gasteiger partial charge in [0.15, 0.2) is 0 Å². The molecule has 3 nitrogen and oxygen atoms in total. The fourth-order valence-corrected chi connectivity index (χ4v) is 2.32. The average Bonchev–Trinajstić information content (AvgIpc) is 2.38. The third kappa shape index (κ3) is 3.13. The van der Waals surface area contributed by atoms with E-state index in [-0.39, 0.29) is 29.3 Å². The predicted molar refractivity (Wildman–Crippen MR) is 71.1 cm³/mol. The monoisotopic (exact) mass is 265 g/mol. The van der Waals surface area contributed by atoms with Crippen molar-refractivity contribution in [3.05, 3.63) is 35.6 Å². The van der Waals surface area contributed by atoms with E-state index in [1.165, 1.54) is 12.1 Å². The average molecular weight is 265 g/mol. The van der Waals surface area contributed by atoms with Crippen molar-refractivity contribution < 1.29 is 14.3 Å². The first-order valence-electron chi connectivity index (χ1n) is 6.61. The minimum Gasteiger partial charge on any atom is -0.392 e. The van der Waals surface area contributed by atoms with E-state index in [1.807, 2.05) is 13.8 Å². The number of rotatable bonds is 4. The van der Waals surface area contributed by atoms with Crippen molar-refractivity contribution in [1.82, 2.24) is 5.32 Å². The van der Waals surface area contributed by atoms with Crippen LogP contribution in [0.1, 0.15) is 32.3 Å². The molecule has 0 heterocycles. The summed E-state index contributed by atoms with van der Waals surface area (Å²) in [5, 5.41) is 12.6. The molecule has 1 aromatic carbocycles. The fourth-order valence-electron chi connectivity index (χ4n) is 2.32. The van der Waals surface area contributed by atoms with E-state index < -0.39 is 0 Å². The smallest absolute Gasteiger partial charge is 0.220 e. The molecule has 1 aromatic rings. The molecule has 0 aromatic heterocycles. The van der Waals surface area contributed by atoms with E-state index in [2.05, 4.69) is 5.32 Å². The molecule has 0 bridgehead atoms. The molecule has 1 saturated carbocycles. The van der Waals surface area contributed by atoms with Gasteiger partial charge in [-0.3, -0.25) is 4.79 Å². The van der Waals surface area contributed by atoms with Crippen LogP contribution in [0.2, 0.25) is 0 Å². The molecule has 1 amide bonds. The van der Waals surface area contributed by atoms with Crippen LogP contribution in [-0.4, -0.2) is 23.2 Å². The van der Waals surface area contributed by atoms with Crippen molar-refractivity contribution in [3.63, 3.8) is 0 Å². The van der Waals surface area contributed by atoms with Gasteiger partial charge in [-0.1, -0.05) is 26.0 Å². The largest absolute Gasteiger partial charge is 0.392 e. The van der Waals surface area contributed by atoms with Gasteiger partial charge in [0.05, 0.1) is 6.10 Å². The summed E-state index contributed by atoms with van der Waals surface area (Å²) in [7, 11) is 0. The Labute approximate surface area is 112 Å². The molecule has 2 rings (SSSR count). The number of nitrogens with one attached hydrogen (secondary N) is 1. The Morgan fingerprint density at radius 1 is 1.42 bits per heavy atom. The quantitative estimate of drug-likeness (QED) is 0.875. The third-order valence-electron chi connectivity index (χ3n) is 4.11. The minimum atomic E-state index is -0.338. The standard InChI is InChI=1S/C15H20FNO2/c1-15(2)12(9-13(15)18)17-14(19)8-5-10-3-6-11(16)7-4-10/h3-4,6-7,12-13,18H,5,8-9H2,1-2H3,(H,17,19). The Hall–Kier alpha value is -1.42. The number of aliphatic hydroxyl groups excluding tert-OH is 1. The van der Waals surface area contributed by atoms with Gasteiger partial charge in [0.25, 0.3) is 0 Å². The fraction of sp³-hybridized carbons (Fsp3) is 0.533. The van der Waals surface area contributed by atoms with Crippen LogP contribution in [0.5, 0.6) is 0 Å². The Morgan fingerprint density at radius 3 is 2.58 bits per heavy atom. The number of halogens is 1. The van der Waals surface area contributed by atoms with E-state index in [0.29, 0.717) is 19.3 Å². The summed E-state index contributed by atoms with van der Waals surface area (Å²) in [5.41, 5.74) is 0.704. The molecule has 2 atom stereocenters. The number of aryl methyl sites for hydroxylation is 1. The summed E-state index contributed by atoms with van der Waals surface area (Å²) < 4.78 is 12.7. The highest BCUT2D eigenvalue weighted by Gasteiger charge is 2.47. The first kappa shape index (κ1) is 14.0. The van der Waals surface area contributed by atoms with Gasteiger partial charge in [0.2, 0.25) is 5.91 Å². The lowest BCUT2D eigenvalue weighted by molar-refractivity contribution is -0.129. The van der Waals surface area contributed by atoms with Gasteiger partial charge in [0.1, 0.15) is 5.82 Å². The highest BCUT2D eigenvalue weighted by molar-refractivity contribution is 5.76. The topological polar surface area (TPSA) is 49.3 Å². The summed E-state index contributed by atoms with van der Waals surface area (Å²) in [6.07, 6.45) is 1.26. The first-order valence-corrected chi connectivity index (χ1v) is 6.61. The number of aliphatic hydroxyl groups is 1. The molecule has 0 saturated heterocycles. The molecule has 104 valence electrons. The summed E-state index contributed by atoms with van der Waals surface area (Å²) in [4.78, 5) is 11.8. The maximum Gasteiger partial charge on any atom is 0.220 e. The molecule has 0 radical (unpaired) electrons. The Morgan fingerprint density at radius 2 is 2.05 bits per heavy atom. The number of benzene rings is 1. The molecule has 2 unspecified atom stereocenters. The van der Waals surface area contributed by atoms with Gasteiger partial charge in [-0.25, -0.2) is 4.39 Å². The lowest BCUT2D eigenvalue weighted by Gasteiger charge is -2.49. The van der Waals surface area contributed by atoms with Crippen molar-refractivity contribution in [2.24, 2.45) is 5.41 Å². The predicted octanol–water partition coefficient (Wildman–Crippen LogP) is 2.03. The Balaban J connectivity index is 1.78. The number of carbonyl (C=O) groups is 1. The summed E-state index contributed by atoms with van der Waals surface area (Å²) in [5.74, 6) is -0.285. The van der Waals surface area contributed by atoms with Crippen molar-refractivity contribution in [2.75, 3.05) is 0 Å². The second-order valence-electron chi connectivity index (χ2n) is 5.82. The van der Waals surface area contributed by atoms with Gasteiger partial charge in [-0.05, 0) is 30.5 Å². The minimum absolute atomic E-state index is 0.0192. The second-order valence-corrected chi connectivity index (χ2v) is 5.82. The van der Waals surface area contributed by atoms with Crippen LogP contribution in [0, 0.1) is 11.2 Å². The van der Waals surface area contributed by atoms with Crippen molar-refractivity contribution in [1.29, 1.82) is 0 Å². The SMILES string of the molecule is CC1(C)C(O)CC1NC(=O)CCc1ccc(F)cc1. The maximum absolute atomic E-state index is 12.7. The third-order valence-corrected chi connectivity index (χ3v) is 4.11. The Bertz CT molecular complexity index is 456. The zero-order valence-corrected chi connectivity index (χ0v) is 11.3. The first-order chi connectivity index (χ1) is 8.89. The van der Waals surface area contributed by atoms with E-state index in [1.54, 1.807) is 12.1 Å². The van der Waals surface area contributed by atoms with Gasteiger partial charge < -0.3 is 10.4 Å². The van der Waals surface area contributed by atoms with E-state index in [9.17, 15) is 14.3 Å². The zero-order valence-electron chi connectivity index (χ0n) is 11.3. The van der Waals surface area contributed by atoms with E-state index in [0.717, 1.165) is 5.56 Å². The molecule has 1 fully saturated rings. The summed E-state index contributed by atoms with van der Waals surface area (Å²) in [6, 6.07) is 6.24. The zero-order chi connectivity index (χ0) is 14.0. The lowest BCUT2D eigenvalue weighted by Crippen LogP contribution is -2.61. The van der Waals surface area contributed by atoms with Crippen LogP contribution < -0.4 is 5.32 Å². The van der Waals surface area contributed by atoms with Crippen LogP contribution in [0.15, 0.2) is 24.3 Å². The molecular weight excluding hydrogens is 245 g/mol. The maximum atomic E-state index is 12.7. The molecule has 19 heavy (non-hydrogen) atoms. The molecule has 0 aliphatic heterocycles.